The van der Waals surface area contributed by atoms with Crippen LogP contribution in [0.5, 0.6) is 0 Å². The summed E-state index contributed by atoms with van der Waals surface area (Å²) in [4.78, 5) is 59.6. The minimum Gasteiger partial charge on any atom is -0.870 e. The Balaban J connectivity index is -0.0000000521. The summed E-state index contributed by atoms with van der Waals surface area (Å²) >= 11 is 31.3. The summed E-state index contributed by atoms with van der Waals surface area (Å²) in [5, 5.41) is 18.9. The van der Waals surface area contributed by atoms with Gasteiger partial charge in [-0.2, -0.15) is 51.3 Å². The van der Waals surface area contributed by atoms with Gasteiger partial charge in [0.2, 0.25) is 44.9 Å². The molecule has 0 saturated carbocycles. The van der Waals surface area contributed by atoms with Gasteiger partial charge in [-0.1, -0.05) is 102 Å². The molecule has 499 valence electrons. The van der Waals surface area contributed by atoms with Crippen molar-refractivity contribution in [2.24, 2.45) is 11.6 Å². The van der Waals surface area contributed by atoms with Crippen molar-refractivity contribution in [3.63, 3.8) is 0 Å². The number of nitrogens with two attached hydrogens (primary N) is 2. The van der Waals surface area contributed by atoms with Crippen LogP contribution >= 0.6 is 141 Å². The van der Waals surface area contributed by atoms with E-state index in [4.69, 9.17) is 61.8 Å². The molecular weight excluding hydrogens is 1760 g/mol. The topological polar surface area (TPSA) is 362 Å². The predicted octanol–water partition coefficient (Wildman–Crippen LogP) is 8.79. The summed E-state index contributed by atoms with van der Waals surface area (Å²) in [5.74, 6) is 8.62. The molecule has 39 heteroatoms. The Bertz CT molecular complexity index is 1690. The molecule has 4 heterocycles. The summed E-state index contributed by atoms with van der Waals surface area (Å²) in [6.07, 6.45) is 8.39. The van der Waals surface area contributed by atoms with Crippen LogP contribution in [0.2, 0.25) is 21.1 Å². The van der Waals surface area contributed by atoms with Crippen LogP contribution in [0.4, 0.5) is 47.6 Å². The van der Waals surface area contributed by atoms with E-state index in [1.807, 2.05) is 0 Å². The van der Waals surface area contributed by atoms with Gasteiger partial charge in [0.25, 0.3) is 5.95 Å². The summed E-state index contributed by atoms with van der Waals surface area (Å²) < 4.78 is 2.09. The summed E-state index contributed by atoms with van der Waals surface area (Å²) in [6, 6.07) is 0. The molecule has 0 amide bonds. The van der Waals surface area contributed by atoms with Gasteiger partial charge in [0.15, 0.2) is 0 Å². The smallest absolute Gasteiger partial charge is 0.870 e. The number of halogens is 10. The Morgan fingerprint density at radius 3 is 0.905 bits per heavy atom. The number of hydrogen-bond acceptors (Lipinski definition) is 25. The zero-order valence-electron chi connectivity index (χ0n) is 47.1. The number of nitrogens with one attached hydrogen (secondary N) is 9. The Morgan fingerprint density at radius 1 is 0.488 bits per heavy atom. The van der Waals surface area contributed by atoms with Crippen molar-refractivity contribution < 1.29 is 90.4 Å². The second-order valence-corrected chi connectivity index (χ2v) is 50.6. The predicted molar refractivity (Wildman–Crippen MR) is 383 cm³/mol. The maximum atomic E-state index is 5.77. The third kappa shape index (κ3) is 85.1. The van der Waals surface area contributed by atoms with Crippen molar-refractivity contribution in [3.8, 4) is 0 Å². The van der Waals surface area contributed by atoms with Gasteiger partial charge in [0.05, 0.1) is 21.3 Å². The van der Waals surface area contributed by atoms with Gasteiger partial charge in [0.1, 0.15) is 0 Å². The van der Waals surface area contributed by atoms with Crippen LogP contribution in [0.15, 0.2) is 0 Å². The number of hydrogen-bond donors (Lipinski definition) is 10. The van der Waals surface area contributed by atoms with Gasteiger partial charge >= 0.3 is 112 Å². The molecule has 0 fully saturated rings. The number of rotatable bonds is 24. The van der Waals surface area contributed by atoms with E-state index in [0.29, 0.717) is 47.6 Å². The number of aromatic amines is 1. The van der Waals surface area contributed by atoms with Crippen LogP contribution in [-0.2, 0) is 38.0 Å². The molecule has 0 aliphatic carbocycles. The number of nitrogens with zero attached hydrogens (tertiary/aromatic N) is 11. The largest absolute Gasteiger partial charge is 1.00 e. The zero-order valence-corrected chi connectivity index (χ0v) is 65.2. The summed E-state index contributed by atoms with van der Waals surface area (Å²) in [6.45, 7) is 22.5. The van der Waals surface area contributed by atoms with Crippen molar-refractivity contribution in [2.75, 3.05) is 110 Å². The first kappa shape index (κ1) is 122. The van der Waals surface area contributed by atoms with E-state index in [-0.39, 0.29) is 149 Å². The summed E-state index contributed by atoms with van der Waals surface area (Å²) in [5.41, 5.74) is 10.2. The minimum atomic E-state index is -0.278. The number of aromatic nitrogens is 12. The molecule has 4 aromatic rings. The third-order valence-electron chi connectivity index (χ3n) is 6.52. The first-order chi connectivity index (χ1) is 35.0. The third-order valence-corrected chi connectivity index (χ3v) is 8.07. The monoisotopic (exact) mass is 1860 g/mol. The van der Waals surface area contributed by atoms with Crippen LogP contribution < -0.4 is 101 Å². The van der Waals surface area contributed by atoms with Crippen LogP contribution in [0.25, 0.3) is 0 Å². The van der Waals surface area contributed by atoms with E-state index in [0.717, 1.165) is 90.8 Å². The molecule has 14 N–H and O–H groups in total. The molecular formula is C45H102Cl6I4N22NaO4V2-2. The molecule has 84 heavy (non-hydrogen) atoms. The molecule has 4 aromatic heterocycles. The quantitative estimate of drug-likeness (QED) is 0.0135. The second-order valence-electron chi connectivity index (χ2n) is 13.0. The van der Waals surface area contributed by atoms with E-state index in [9.17, 15) is 0 Å². The molecule has 0 spiro atoms. The average molecular weight is 1860 g/mol. The summed E-state index contributed by atoms with van der Waals surface area (Å²) in [7, 11) is 4.44. The molecule has 0 aliphatic heterocycles. The SMILES string of the molecule is C.C.C.C.C.CCCN.CCCNc1nc(Cl)nc(NCCC)n1.CCCNc1nc(NCCC)nc(NOC)n1.CCCNc1nc(NOC)nc(NCCC)[nH+]1.CC[CH-]I.CON.Cl.Clc1nc(Cl)nc(Cl)n1.[CH3-].[Cl-].[I][V]([I])[I].[Na+].[OH-].[V]. The molecule has 26 nitrogen and oxygen atoms in total. The van der Waals surface area contributed by atoms with Gasteiger partial charge in [-0.05, 0) is 97.9 Å². The molecule has 0 aromatic carbocycles. The van der Waals surface area contributed by atoms with Crippen LogP contribution in [-0.4, -0.2) is 127 Å². The Morgan fingerprint density at radius 2 is 0.690 bits per heavy atom. The van der Waals surface area contributed by atoms with E-state index < -0.39 is 0 Å². The zero-order chi connectivity index (χ0) is 56.1. The standard InChI is InChI=1S/2C10H20N6O.C9H16ClN5.C3Cl3N3.C3H6I.C3H9N.CH5NO.5CH4.CH3.2ClH.3HI.Na.H2O.2V/c2*1-4-6-11-8-13-9(12-7-5-2)15-10(14-8)16-17-3;1-3-5-11-8-13-7(10)14-9(15-8)12-6-4-2;4-1-7-2(5)9-3(6)8-1;2*1-2-3-4;1-3-2;;;;;;;;;;;;;;;/h2*4-7H2,1-3H3,(H3,11,12,13,14,15,16);3-6H2,1-2H3,(H2,11,12,13,14,15);;3H,2H2,1H3;2-4H2,1H3;2H2,1H3;5*1H4;1H3;5*1H;;1H2;;/q;;;;-1;;;;;;;;-1;;;;;;+1;;;+3/p-4. The van der Waals surface area contributed by atoms with E-state index in [1.165, 1.54) is 27.8 Å². The van der Waals surface area contributed by atoms with Crippen LogP contribution in [0.3, 0.4) is 0 Å². The Kier molecular flexibility index (Phi) is 135. The minimum absolute atomic E-state index is 0. The van der Waals surface area contributed by atoms with E-state index in [2.05, 4.69) is 256 Å². The molecule has 0 aliphatic rings. The Hall–Kier alpha value is 1.03. The van der Waals surface area contributed by atoms with E-state index in [1.54, 1.807) is 0 Å². The fourth-order valence-electron chi connectivity index (χ4n) is 3.63. The molecule has 0 bridgehead atoms. The van der Waals surface area contributed by atoms with Gasteiger partial charge in [-0.3, -0.25) is 14.1 Å². The average Bonchev–Trinajstić information content (AvgIpc) is 3.35. The fourth-order valence-corrected chi connectivity index (χ4v) is 4.40. The number of anilines is 8. The molecule has 1 radical (unpaired) electrons. The van der Waals surface area contributed by atoms with Crippen molar-refractivity contribution in [2.45, 2.75) is 144 Å². The molecule has 0 atom stereocenters. The van der Waals surface area contributed by atoms with Gasteiger partial charge < -0.3 is 90.4 Å². The fraction of sp³-hybridized carbons (Fsp3) is 0.689. The van der Waals surface area contributed by atoms with Crippen molar-refractivity contribution in [1.29, 1.82) is 0 Å². The normalized spacial score (nSPS) is 8.26. The van der Waals surface area contributed by atoms with Crippen LogP contribution in [0, 0.1) is 11.9 Å². The first-order valence-electron chi connectivity index (χ1n) is 22.9. The second kappa shape index (κ2) is 92.8. The van der Waals surface area contributed by atoms with Gasteiger partial charge in [-0.25, -0.2) is 21.8 Å². The van der Waals surface area contributed by atoms with Gasteiger partial charge in [-0.15, -0.1) is 12.4 Å². The van der Waals surface area contributed by atoms with Crippen LogP contribution in [0.1, 0.15) is 144 Å². The van der Waals surface area contributed by atoms with Crippen molar-refractivity contribution >= 4 is 189 Å². The molecule has 4 rings (SSSR count). The number of H-pyrrole nitrogens is 1. The molecule has 0 unspecified atom stereocenters. The maximum absolute atomic E-state index is 5.77. The maximum Gasteiger partial charge on any atom is 1.00 e. The first-order valence-corrected chi connectivity index (χ1v) is 39.1. The van der Waals surface area contributed by atoms with Gasteiger partial charge in [0, 0.05) is 57.8 Å². The Labute approximate surface area is 624 Å². The van der Waals surface area contributed by atoms with E-state index >= 15 is 0 Å². The molecule has 0 saturated heterocycles. The van der Waals surface area contributed by atoms with Crippen molar-refractivity contribution in [3.05, 3.63) is 33.0 Å². The van der Waals surface area contributed by atoms with Crippen molar-refractivity contribution in [1.82, 2.24) is 54.8 Å².